The molecule has 6 nitrogen and oxygen atoms in total. The molecule has 0 radical (unpaired) electrons. The van der Waals surface area contributed by atoms with Crippen molar-refractivity contribution in [2.75, 3.05) is 6.61 Å². The number of pyridine rings is 1. The summed E-state index contributed by atoms with van der Waals surface area (Å²) >= 11 is 0. The van der Waals surface area contributed by atoms with Gasteiger partial charge in [0.15, 0.2) is 0 Å². The van der Waals surface area contributed by atoms with Crippen molar-refractivity contribution >= 4 is 5.97 Å². The molecule has 0 aromatic carbocycles. The zero-order valence-corrected chi connectivity index (χ0v) is 12.7. The average molecular weight is 317 g/mol. The van der Waals surface area contributed by atoms with E-state index in [0.717, 1.165) is 19.3 Å². The lowest BCUT2D eigenvalue weighted by molar-refractivity contribution is 0.0515. The monoisotopic (exact) mass is 317 g/mol. The second-order valence-electron chi connectivity index (χ2n) is 5.77. The van der Waals surface area contributed by atoms with Crippen LogP contribution in [0.2, 0.25) is 0 Å². The third-order valence-electron chi connectivity index (χ3n) is 4.33. The van der Waals surface area contributed by atoms with Crippen LogP contribution >= 0.6 is 0 Å². The number of hydrogen-bond acceptors (Lipinski definition) is 5. The fourth-order valence-electron chi connectivity index (χ4n) is 3.29. The SMILES string of the molecule is CCOC(=O)c1c(-c2ccc(F)nc2)nn2c1OC1CCC2C1. The summed E-state index contributed by atoms with van der Waals surface area (Å²) in [5, 5.41) is 4.56. The first kappa shape index (κ1) is 14.2. The number of aromatic nitrogens is 3. The zero-order valence-electron chi connectivity index (χ0n) is 12.7. The molecule has 7 heteroatoms. The molecule has 2 aromatic heterocycles. The third-order valence-corrected chi connectivity index (χ3v) is 4.33. The lowest BCUT2D eigenvalue weighted by Gasteiger charge is -2.22. The first-order valence-corrected chi connectivity index (χ1v) is 7.75. The fraction of sp³-hybridized carbons (Fsp3) is 0.438. The van der Waals surface area contributed by atoms with Gasteiger partial charge >= 0.3 is 5.97 Å². The fourth-order valence-corrected chi connectivity index (χ4v) is 3.29. The Hall–Kier alpha value is -2.44. The molecule has 2 atom stereocenters. The van der Waals surface area contributed by atoms with E-state index < -0.39 is 11.9 Å². The van der Waals surface area contributed by atoms with E-state index in [-0.39, 0.29) is 18.8 Å². The lowest BCUT2D eigenvalue weighted by atomic mass is 10.1. The van der Waals surface area contributed by atoms with Gasteiger partial charge in [-0.25, -0.2) is 14.5 Å². The van der Waals surface area contributed by atoms with Gasteiger partial charge in [-0.3, -0.25) is 0 Å². The van der Waals surface area contributed by atoms with E-state index >= 15 is 0 Å². The molecule has 1 aliphatic carbocycles. The van der Waals surface area contributed by atoms with Crippen LogP contribution in [0.1, 0.15) is 42.6 Å². The molecule has 0 saturated heterocycles. The van der Waals surface area contributed by atoms with Gasteiger partial charge < -0.3 is 9.47 Å². The van der Waals surface area contributed by atoms with Crippen molar-refractivity contribution in [1.29, 1.82) is 0 Å². The Kier molecular flexibility index (Phi) is 3.28. The van der Waals surface area contributed by atoms with E-state index in [1.54, 1.807) is 17.7 Å². The zero-order chi connectivity index (χ0) is 16.0. The summed E-state index contributed by atoms with van der Waals surface area (Å²) in [5.74, 6) is -0.596. The number of halogens is 1. The third kappa shape index (κ3) is 2.27. The van der Waals surface area contributed by atoms with E-state index in [4.69, 9.17) is 9.47 Å². The van der Waals surface area contributed by atoms with Crippen LogP contribution in [0.15, 0.2) is 18.3 Å². The van der Waals surface area contributed by atoms with Gasteiger partial charge in [-0.05, 0) is 31.9 Å². The molecule has 3 heterocycles. The molecule has 2 unspecified atom stereocenters. The molecule has 0 amide bonds. The maximum Gasteiger partial charge on any atom is 0.345 e. The van der Waals surface area contributed by atoms with Crippen LogP contribution in [-0.2, 0) is 4.74 Å². The number of rotatable bonds is 3. The van der Waals surface area contributed by atoms with Crippen molar-refractivity contribution in [2.24, 2.45) is 0 Å². The predicted molar refractivity (Wildman–Crippen MR) is 78.7 cm³/mol. The second-order valence-corrected chi connectivity index (χ2v) is 5.77. The highest BCUT2D eigenvalue weighted by Crippen LogP contribution is 2.44. The van der Waals surface area contributed by atoms with Crippen LogP contribution in [0.25, 0.3) is 11.3 Å². The van der Waals surface area contributed by atoms with Gasteiger partial charge in [-0.1, -0.05) is 0 Å². The maximum absolute atomic E-state index is 13.1. The number of carbonyl (C=O) groups is 1. The Balaban J connectivity index is 1.86. The first-order chi connectivity index (χ1) is 11.2. The van der Waals surface area contributed by atoms with E-state index in [9.17, 15) is 9.18 Å². The van der Waals surface area contributed by atoms with Gasteiger partial charge in [-0.15, -0.1) is 0 Å². The molecule has 2 aromatic rings. The topological polar surface area (TPSA) is 66.2 Å². The smallest absolute Gasteiger partial charge is 0.345 e. The van der Waals surface area contributed by atoms with Gasteiger partial charge in [0, 0.05) is 18.2 Å². The van der Waals surface area contributed by atoms with Gasteiger partial charge in [0.25, 0.3) is 0 Å². The summed E-state index contributed by atoms with van der Waals surface area (Å²) < 4.78 is 26.0. The summed E-state index contributed by atoms with van der Waals surface area (Å²) in [5.41, 5.74) is 1.30. The van der Waals surface area contributed by atoms with Gasteiger partial charge in [0.05, 0.1) is 12.6 Å². The predicted octanol–water partition coefficient (Wildman–Crippen LogP) is 2.75. The number of nitrogens with zero attached hydrogens (tertiary/aromatic N) is 3. The summed E-state index contributed by atoms with van der Waals surface area (Å²) in [4.78, 5) is 16.1. The average Bonchev–Trinajstić information content (AvgIpc) is 3.11. The Morgan fingerprint density at radius 1 is 1.48 bits per heavy atom. The summed E-state index contributed by atoms with van der Waals surface area (Å²) in [6.45, 7) is 2.01. The highest BCUT2D eigenvalue weighted by atomic mass is 19.1. The van der Waals surface area contributed by atoms with Crippen LogP contribution in [0.4, 0.5) is 4.39 Å². The molecule has 1 fully saturated rings. The molecule has 4 rings (SSSR count). The number of esters is 1. The van der Waals surface area contributed by atoms with Crippen LogP contribution in [0, 0.1) is 5.95 Å². The van der Waals surface area contributed by atoms with Crippen molar-refractivity contribution in [2.45, 2.75) is 38.3 Å². The van der Waals surface area contributed by atoms with E-state index in [1.165, 1.54) is 12.3 Å². The Labute approximate surface area is 132 Å². The first-order valence-electron chi connectivity index (χ1n) is 7.75. The van der Waals surface area contributed by atoms with Crippen molar-refractivity contribution in [1.82, 2.24) is 14.8 Å². The number of hydrogen-bond donors (Lipinski definition) is 0. The number of ether oxygens (including phenoxy) is 2. The van der Waals surface area contributed by atoms with Crippen LogP contribution < -0.4 is 4.74 Å². The normalized spacial score (nSPS) is 21.7. The van der Waals surface area contributed by atoms with Gasteiger partial charge in [0.2, 0.25) is 11.8 Å². The Bertz CT molecular complexity index is 757. The minimum atomic E-state index is -0.578. The maximum atomic E-state index is 13.1. The molecule has 23 heavy (non-hydrogen) atoms. The van der Waals surface area contributed by atoms with Crippen molar-refractivity contribution in [3.8, 4) is 17.1 Å². The largest absolute Gasteiger partial charge is 0.474 e. The van der Waals surface area contributed by atoms with Gasteiger partial charge in [0.1, 0.15) is 17.4 Å². The lowest BCUT2D eigenvalue weighted by Crippen LogP contribution is -2.23. The highest BCUT2D eigenvalue weighted by molar-refractivity contribution is 5.98. The van der Waals surface area contributed by atoms with Crippen LogP contribution in [-0.4, -0.2) is 33.4 Å². The van der Waals surface area contributed by atoms with Crippen LogP contribution in [0.5, 0.6) is 5.88 Å². The Morgan fingerprint density at radius 3 is 3.09 bits per heavy atom. The van der Waals surface area contributed by atoms with Crippen molar-refractivity contribution < 1.29 is 18.7 Å². The minimum Gasteiger partial charge on any atom is -0.474 e. The number of fused-ring (bicyclic) bond motifs is 4. The molecule has 0 spiro atoms. The summed E-state index contributed by atoms with van der Waals surface area (Å²) in [6.07, 6.45) is 4.33. The van der Waals surface area contributed by atoms with Crippen LogP contribution in [0.3, 0.4) is 0 Å². The molecule has 1 aliphatic heterocycles. The van der Waals surface area contributed by atoms with Crippen molar-refractivity contribution in [3.63, 3.8) is 0 Å². The minimum absolute atomic E-state index is 0.122. The second kappa shape index (κ2) is 5.33. The molecule has 0 N–H and O–H groups in total. The quantitative estimate of drug-likeness (QED) is 0.643. The molecule has 120 valence electrons. The summed E-state index contributed by atoms with van der Waals surface area (Å²) in [7, 11) is 0. The van der Waals surface area contributed by atoms with Gasteiger partial charge in [-0.2, -0.15) is 9.49 Å². The molecular formula is C16H16FN3O3. The molecule has 2 aliphatic rings. The Morgan fingerprint density at radius 2 is 2.35 bits per heavy atom. The summed E-state index contributed by atoms with van der Waals surface area (Å²) in [6, 6.07) is 3.03. The van der Waals surface area contributed by atoms with E-state index in [2.05, 4.69) is 10.1 Å². The van der Waals surface area contributed by atoms with E-state index in [1.807, 2.05) is 0 Å². The molecule has 1 saturated carbocycles. The highest BCUT2D eigenvalue weighted by Gasteiger charge is 2.40. The molecule has 2 bridgehead atoms. The van der Waals surface area contributed by atoms with E-state index in [0.29, 0.717) is 22.7 Å². The number of carbonyl (C=O) groups excluding carboxylic acids is 1. The standard InChI is InChI=1S/C16H16FN3O3/c1-2-22-16(21)13-14(9-3-6-12(17)18-8-9)19-20-10-4-5-11(7-10)23-15(13)20/h3,6,8,10-11H,2,4-5,7H2,1H3. The van der Waals surface area contributed by atoms with Crippen molar-refractivity contribution in [3.05, 3.63) is 29.8 Å². The molecular weight excluding hydrogens is 301 g/mol.